The number of fused-ring (bicyclic) bond motifs is 6. The van der Waals surface area contributed by atoms with Crippen LogP contribution in [0.3, 0.4) is 0 Å². The van der Waals surface area contributed by atoms with E-state index in [0.29, 0.717) is 5.75 Å². The van der Waals surface area contributed by atoms with Crippen molar-refractivity contribution in [1.29, 1.82) is 0 Å². The summed E-state index contributed by atoms with van der Waals surface area (Å²) in [5.41, 5.74) is 38.5. The van der Waals surface area contributed by atoms with Gasteiger partial charge in [0.05, 0.1) is 60.9 Å². The number of anilines is 4. The second kappa shape index (κ2) is 22.4. The summed E-state index contributed by atoms with van der Waals surface area (Å²) in [5, 5.41) is 16.0. The lowest BCUT2D eigenvalue weighted by molar-refractivity contribution is -0.892. The number of aromatic nitrogens is 2. The molecule has 0 aliphatic rings. The van der Waals surface area contributed by atoms with Crippen LogP contribution in [0.4, 0.5) is 22.7 Å². The van der Waals surface area contributed by atoms with Crippen LogP contribution in [-0.2, 0) is 17.9 Å². The summed E-state index contributed by atoms with van der Waals surface area (Å²) < 4.78 is 5.85. The Bertz CT molecular complexity index is 2930. The molecule has 1 unspecified atom stereocenters. The van der Waals surface area contributed by atoms with Gasteiger partial charge in [0.25, 0.3) is 0 Å². The monoisotopic (exact) mass is 925 g/mol. The standard InChI is InChI=1S/C29H37N4.C25H26N4O2S.ClH/c1-4-5-9-18-33(2,3)19-10-17-32-28-21-24(31)14-16-26(28)25-15-13-23(30)20-27(25)29(32)22-11-7-6-8-12-22;26-17-7-9-19-20-10-8-18(27)14-23(20)29(11-4-12-32-15-22(28)25(30)31)24(21(19)13-17)16-5-2-1-3-6-16;/h6-8,11-16,20-21,31H,4-5,9-10,17-19,30H2,1-3H3;1-3,5-10,13-14,22,27H,4,11-12,15,26,28H2,(H,30,31);1H/q+1;;/p+2. The number of hydrogen-bond donors (Lipinski definition) is 6. The van der Waals surface area contributed by atoms with Crippen molar-refractivity contribution in [3.8, 4) is 22.5 Å². The Balaban J connectivity index is 0.000000215. The summed E-state index contributed by atoms with van der Waals surface area (Å²) in [5.74, 6) is 0.499. The van der Waals surface area contributed by atoms with Crippen LogP contribution in [0.2, 0.25) is 0 Å². The smallest absolute Gasteiger partial charge is 0.363 e. The Morgan fingerprint density at radius 2 is 1.02 bits per heavy atom. The van der Waals surface area contributed by atoms with Crippen LogP contribution in [0, 0.1) is 0 Å². The van der Waals surface area contributed by atoms with Crippen molar-refractivity contribution in [3.63, 3.8) is 0 Å². The minimum atomic E-state index is -0.855. The molecular weight excluding hydrogens is 860 g/mol. The fraction of sp³-hybridized carbons (Fsp3) is 0.278. The van der Waals surface area contributed by atoms with E-state index in [1.54, 1.807) is 11.8 Å². The van der Waals surface area contributed by atoms with Gasteiger partial charge in [-0.2, -0.15) is 20.9 Å². The number of quaternary nitrogens is 2. The number of rotatable bonds is 17. The number of halogens is 1. The normalized spacial score (nSPS) is 11.9. The number of hydrogen-bond acceptors (Lipinski definition) is 6. The van der Waals surface area contributed by atoms with Crippen molar-refractivity contribution in [2.75, 3.05) is 61.6 Å². The van der Waals surface area contributed by atoms with Gasteiger partial charge in [-0.3, -0.25) is 0 Å². The van der Waals surface area contributed by atoms with Gasteiger partial charge < -0.3 is 50.7 Å². The molecule has 0 spiro atoms. The third-order valence-corrected chi connectivity index (χ3v) is 13.5. The van der Waals surface area contributed by atoms with Crippen LogP contribution in [0.25, 0.3) is 65.9 Å². The molecule has 10 nitrogen and oxygen atoms in total. The average molecular weight is 927 g/mol. The Morgan fingerprint density at radius 3 is 1.47 bits per heavy atom. The quantitative estimate of drug-likeness (QED) is 0.0223. The van der Waals surface area contributed by atoms with Crippen LogP contribution >= 0.6 is 11.8 Å². The Hall–Kier alpha value is -6.11. The number of unbranched alkanes of at least 4 members (excludes halogenated alkanes) is 2. The van der Waals surface area contributed by atoms with Crippen molar-refractivity contribution in [3.05, 3.63) is 133 Å². The van der Waals surface area contributed by atoms with Gasteiger partial charge in [-0.15, -0.1) is 0 Å². The number of aliphatic carboxylic acids is 1. The number of carbonyl (C=O) groups is 1. The third kappa shape index (κ3) is 11.6. The first-order valence-corrected chi connectivity index (χ1v) is 24.0. The molecule has 12 N–H and O–H groups in total. The zero-order valence-electron chi connectivity index (χ0n) is 38.6. The average Bonchev–Trinajstić information content (AvgIpc) is 3.29. The van der Waals surface area contributed by atoms with E-state index in [4.69, 9.17) is 28.0 Å². The van der Waals surface area contributed by atoms with Gasteiger partial charge in [0.15, 0.2) is 19.1 Å². The Labute approximate surface area is 399 Å². The molecule has 2 aromatic heterocycles. The maximum Gasteiger partial charge on any atom is 0.363 e. The summed E-state index contributed by atoms with van der Waals surface area (Å²) in [6.45, 7) is 6.35. The summed E-state index contributed by atoms with van der Waals surface area (Å²) in [7, 11) is 4.71. The second-order valence-corrected chi connectivity index (χ2v) is 19.0. The molecule has 2 heterocycles. The van der Waals surface area contributed by atoms with Crippen LogP contribution in [0.5, 0.6) is 0 Å². The van der Waals surface area contributed by atoms with Gasteiger partial charge in [0, 0.05) is 63.2 Å². The molecule has 0 saturated heterocycles. The predicted molar refractivity (Wildman–Crippen MR) is 274 cm³/mol. The van der Waals surface area contributed by atoms with Crippen LogP contribution < -0.4 is 50.2 Å². The molecular formula is C54H66ClN8O2S+3. The van der Waals surface area contributed by atoms with Gasteiger partial charge in [0.2, 0.25) is 22.4 Å². The zero-order chi connectivity index (χ0) is 46.1. The molecule has 8 aromatic rings. The van der Waals surface area contributed by atoms with Crippen LogP contribution in [0.1, 0.15) is 39.0 Å². The highest BCUT2D eigenvalue weighted by Crippen LogP contribution is 2.35. The topological polar surface area (TPSA) is 177 Å². The number of thioether (sulfide) groups is 1. The van der Waals surface area contributed by atoms with E-state index in [9.17, 15) is 4.79 Å². The number of nitrogens with two attached hydrogens (primary N) is 4. The van der Waals surface area contributed by atoms with Crippen molar-refractivity contribution in [2.45, 2.75) is 58.2 Å². The minimum absolute atomic E-state index is 0. The second-order valence-electron chi connectivity index (χ2n) is 17.8. The number of carboxylic acids is 1. The van der Waals surface area contributed by atoms with Crippen molar-refractivity contribution in [1.82, 2.24) is 0 Å². The third-order valence-electron chi connectivity index (χ3n) is 12.3. The molecule has 6 aromatic carbocycles. The van der Waals surface area contributed by atoms with Gasteiger partial charge >= 0.3 is 5.97 Å². The molecule has 1 atom stereocenters. The summed E-state index contributed by atoms with van der Waals surface area (Å²) in [6.07, 6.45) is 5.86. The SMILES string of the molecule is CCCCC[N+](C)(C)CCC[n+]1c(-c2ccccc2)c2cc(N)ccc2c2ccc(N)cc21.Nc1ccc2c(c1)c(-c1ccccc1)[n+](CCCSCC([NH3+])C(=O)O)c1cc(N)ccc21.[Cl-]. The highest BCUT2D eigenvalue weighted by molar-refractivity contribution is 7.99. The number of nitrogen functional groups attached to an aromatic ring is 4. The number of nitrogens with zero attached hydrogens (tertiary/aromatic N) is 3. The molecule has 0 aliphatic carbocycles. The summed E-state index contributed by atoms with van der Waals surface area (Å²) in [6, 6.07) is 45.0. The van der Waals surface area contributed by atoms with E-state index in [0.717, 1.165) is 98.4 Å². The van der Waals surface area contributed by atoms with Gasteiger partial charge in [-0.1, -0.05) is 61.9 Å². The zero-order valence-corrected chi connectivity index (χ0v) is 40.1. The largest absolute Gasteiger partial charge is 1.00 e. The van der Waals surface area contributed by atoms with E-state index >= 15 is 0 Å². The first-order chi connectivity index (χ1) is 31.3. The van der Waals surface area contributed by atoms with Gasteiger partial charge in [-0.05, 0) is 91.4 Å². The molecule has 0 aliphatic heterocycles. The number of pyridine rings is 2. The van der Waals surface area contributed by atoms with E-state index in [2.05, 4.69) is 115 Å². The van der Waals surface area contributed by atoms with Crippen LogP contribution in [-0.4, -0.2) is 60.3 Å². The lowest BCUT2D eigenvalue weighted by Gasteiger charge is -2.29. The highest BCUT2D eigenvalue weighted by Gasteiger charge is 2.26. The fourth-order valence-electron chi connectivity index (χ4n) is 8.98. The van der Waals surface area contributed by atoms with Crippen LogP contribution in [0.15, 0.2) is 133 Å². The van der Waals surface area contributed by atoms with E-state index < -0.39 is 12.0 Å². The molecule has 0 radical (unpaired) electrons. The molecule has 8 rings (SSSR count). The van der Waals surface area contributed by atoms with Gasteiger partial charge in [0.1, 0.15) is 0 Å². The first kappa shape index (κ1) is 49.3. The Kier molecular flexibility index (Phi) is 16.7. The van der Waals surface area contributed by atoms with E-state index in [-0.39, 0.29) is 12.4 Å². The number of aryl methyl sites for hydroxylation is 2. The molecule has 66 heavy (non-hydrogen) atoms. The number of benzene rings is 6. The lowest BCUT2D eigenvalue weighted by atomic mass is 9.98. The lowest BCUT2D eigenvalue weighted by Crippen LogP contribution is -3.00. The predicted octanol–water partition coefficient (Wildman–Crippen LogP) is 5.70. The highest BCUT2D eigenvalue weighted by atomic mass is 35.5. The summed E-state index contributed by atoms with van der Waals surface area (Å²) >= 11 is 1.62. The van der Waals surface area contributed by atoms with Crippen molar-refractivity contribution >= 4 is 83.8 Å². The fourth-order valence-corrected chi connectivity index (χ4v) is 9.90. The molecule has 344 valence electrons. The first-order valence-electron chi connectivity index (χ1n) is 22.8. The molecule has 0 amide bonds. The molecule has 12 heteroatoms. The van der Waals surface area contributed by atoms with Gasteiger partial charge in [-0.25, -0.2) is 4.79 Å². The van der Waals surface area contributed by atoms with E-state index in [1.807, 2.05) is 54.6 Å². The van der Waals surface area contributed by atoms with Crippen molar-refractivity contribution in [2.24, 2.45) is 0 Å². The molecule has 0 saturated carbocycles. The summed E-state index contributed by atoms with van der Waals surface area (Å²) in [4.78, 5) is 11.0. The molecule has 0 bridgehead atoms. The van der Waals surface area contributed by atoms with Crippen molar-refractivity contribution < 1.29 is 41.7 Å². The number of carboxylic acid groups (broad SMARTS) is 1. The Morgan fingerprint density at radius 1 is 0.591 bits per heavy atom. The van der Waals surface area contributed by atoms with E-state index in [1.165, 1.54) is 58.7 Å². The maximum absolute atomic E-state index is 11.0. The molecule has 0 fully saturated rings. The maximum atomic E-state index is 11.0. The minimum Gasteiger partial charge on any atom is -1.00 e.